The number of aryl methyl sites for hydroxylation is 2. The normalized spacial score (nSPS) is 10.3. The Kier molecular flexibility index (Phi) is 2.10. The predicted octanol–water partition coefficient (Wildman–Crippen LogP) is 2.82. The molecule has 2 aromatic rings. The molecular weight excluding hydrogens is 180 g/mol. The first-order valence-electron chi connectivity index (χ1n) is 4.13. The summed E-state index contributed by atoms with van der Waals surface area (Å²) in [5, 5.41) is 10.1. The van der Waals surface area contributed by atoms with Crippen LogP contribution < -0.4 is 0 Å². The van der Waals surface area contributed by atoms with Gasteiger partial charge in [-0.05, 0) is 19.9 Å². The summed E-state index contributed by atoms with van der Waals surface area (Å²) >= 11 is 1.63. The van der Waals surface area contributed by atoms with Gasteiger partial charge in [0.15, 0.2) is 0 Å². The second kappa shape index (κ2) is 3.26. The molecule has 0 spiro atoms. The molecule has 0 aliphatic carbocycles. The van der Waals surface area contributed by atoms with Gasteiger partial charge in [-0.15, -0.1) is 10.2 Å². The molecule has 2 nitrogen and oxygen atoms in total. The molecule has 13 heavy (non-hydrogen) atoms. The van der Waals surface area contributed by atoms with Gasteiger partial charge in [0, 0.05) is 5.56 Å². The Hall–Kier alpha value is -1.22. The fraction of sp³-hybridized carbons (Fsp3) is 0.200. The van der Waals surface area contributed by atoms with Crippen molar-refractivity contribution in [3.63, 3.8) is 0 Å². The molecule has 3 heteroatoms. The van der Waals surface area contributed by atoms with E-state index in [-0.39, 0.29) is 0 Å². The Labute approximate surface area is 81.3 Å². The first kappa shape index (κ1) is 8.38. The van der Waals surface area contributed by atoms with E-state index in [1.165, 1.54) is 5.56 Å². The summed E-state index contributed by atoms with van der Waals surface area (Å²) in [5.74, 6) is 0. The third-order valence-corrected chi connectivity index (χ3v) is 2.68. The van der Waals surface area contributed by atoms with Crippen LogP contribution in [0.4, 0.5) is 0 Å². The Morgan fingerprint density at radius 2 is 2.00 bits per heavy atom. The highest BCUT2D eigenvalue weighted by Gasteiger charge is 2.02. The molecule has 1 heterocycles. The van der Waals surface area contributed by atoms with Crippen molar-refractivity contribution >= 4 is 11.3 Å². The zero-order chi connectivity index (χ0) is 9.26. The number of hydrogen-bond donors (Lipinski definition) is 0. The van der Waals surface area contributed by atoms with Crippen LogP contribution in [0.3, 0.4) is 0 Å². The van der Waals surface area contributed by atoms with Gasteiger partial charge in [-0.3, -0.25) is 0 Å². The van der Waals surface area contributed by atoms with Crippen molar-refractivity contribution in [3.05, 3.63) is 34.8 Å². The smallest absolute Gasteiger partial charge is 0.143 e. The van der Waals surface area contributed by atoms with Gasteiger partial charge in [0.05, 0.1) is 0 Å². The fourth-order valence-electron chi connectivity index (χ4n) is 1.19. The Morgan fingerprint density at radius 3 is 2.62 bits per heavy atom. The predicted molar refractivity (Wildman–Crippen MR) is 54.8 cm³/mol. The number of nitrogens with zero attached hydrogens (tertiary/aromatic N) is 2. The SMILES string of the molecule is Cc1cccc(-c2nnc(C)s2)c1. The van der Waals surface area contributed by atoms with Gasteiger partial charge in [-0.25, -0.2) is 0 Å². The van der Waals surface area contributed by atoms with Crippen molar-refractivity contribution in [1.82, 2.24) is 10.2 Å². The lowest BCUT2D eigenvalue weighted by atomic mass is 10.1. The lowest BCUT2D eigenvalue weighted by Crippen LogP contribution is -1.77. The minimum absolute atomic E-state index is 1.00. The van der Waals surface area contributed by atoms with Gasteiger partial charge in [-0.2, -0.15) is 0 Å². The summed E-state index contributed by atoms with van der Waals surface area (Å²) in [6.45, 7) is 4.05. The largest absolute Gasteiger partial charge is 0.147 e. The number of hydrogen-bond acceptors (Lipinski definition) is 3. The van der Waals surface area contributed by atoms with Crippen LogP contribution >= 0.6 is 11.3 Å². The monoisotopic (exact) mass is 190 g/mol. The second-order valence-electron chi connectivity index (χ2n) is 3.00. The van der Waals surface area contributed by atoms with Gasteiger partial charge in [0.2, 0.25) is 0 Å². The van der Waals surface area contributed by atoms with E-state index in [1.807, 2.05) is 13.0 Å². The van der Waals surface area contributed by atoms with Gasteiger partial charge < -0.3 is 0 Å². The van der Waals surface area contributed by atoms with Crippen LogP contribution in [0, 0.1) is 13.8 Å². The molecule has 0 saturated carbocycles. The van der Waals surface area contributed by atoms with E-state index >= 15 is 0 Å². The van der Waals surface area contributed by atoms with Crippen molar-refractivity contribution in [2.24, 2.45) is 0 Å². The molecule has 0 fully saturated rings. The van der Waals surface area contributed by atoms with Gasteiger partial charge in [0.1, 0.15) is 10.0 Å². The highest BCUT2D eigenvalue weighted by molar-refractivity contribution is 7.14. The third kappa shape index (κ3) is 1.75. The van der Waals surface area contributed by atoms with Crippen LogP contribution in [0.25, 0.3) is 10.6 Å². The average Bonchev–Trinajstić information content (AvgIpc) is 2.52. The quantitative estimate of drug-likeness (QED) is 0.691. The minimum Gasteiger partial charge on any atom is -0.143 e. The van der Waals surface area contributed by atoms with Crippen LogP contribution in [0.1, 0.15) is 10.6 Å². The molecule has 0 radical (unpaired) electrons. The zero-order valence-corrected chi connectivity index (χ0v) is 8.43. The summed E-state index contributed by atoms with van der Waals surface area (Å²) in [6, 6.07) is 8.31. The number of rotatable bonds is 1. The van der Waals surface area contributed by atoms with Crippen LogP contribution in [-0.2, 0) is 0 Å². The fourth-order valence-corrected chi connectivity index (χ4v) is 1.88. The molecule has 0 bridgehead atoms. The number of aromatic nitrogens is 2. The Balaban J connectivity index is 2.46. The lowest BCUT2D eigenvalue weighted by Gasteiger charge is -1.95. The Bertz CT molecular complexity index is 420. The van der Waals surface area contributed by atoms with Crippen molar-refractivity contribution in [3.8, 4) is 10.6 Å². The molecule has 2 rings (SSSR count). The molecule has 1 aromatic heterocycles. The molecule has 0 aliphatic heterocycles. The van der Waals surface area contributed by atoms with E-state index in [4.69, 9.17) is 0 Å². The summed E-state index contributed by atoms with van der Waals surface area (Å²) in [7, 11) is 0. The van der Waals surface area contributed by atoms with Gasteiger partial charge in [-0.1, -0.05) is 35.1 Å². The van der Waals surface area contributed by atoms with Crippen LogP contribution in [0.15, 0.2) is 24.3 Å². The van der Waals surface area contributed by atoms with Gasteiger partial charge in [0.25, 0.3) is 0 Å². The first-order chi connectivity index (χ1) is 6.25. The van der Waals surface area contributed by atoms with E-state index in [0.717, 1.165) is 15.6 Å². The second-order valence-corrected chi connectivity index (χ2v) is 4.18. The van der Waals surface area contributed by atoms with Crippen LogP contribution in [-0.4, -0.2) is 10.2 Å². The summed E-state index contributed by atoms with van der Waals surface area (Å²) in [6.07, 6.45) is 0. The summed E-state index contributed by atoms with van der Waals surface area (Å²) < 4.78 is 0. The maximum atomic E-state index is 4.10. The first-order valence-corrected chi connectivity index (χ1v) is 4.94. The summed E-state index contributed by atoms with van der Waals surface area (Å²) in [4.78, 5) is 0. The molecule has 0 N–H and O–H groups in total. The highest BCUT2D eigenvalue weighted by atomic mass is 32.1. The average molecular weight is 190 g/mol. The highest BCUT2D eigenvalue weighted by Crippen LogP contribution is 2.23. The molecule has 0 unspecified atom stereocenters. The maximum absolute atomic E-state index is 4.10. The maximum Gasteiger partial charge on any atom is 0.147 e. The standard InChI is InChI=1S/C10H10N2S/c1-7-4-3-5-9(6-7)10-12-11-8(2)13-10/h3-6H,1-2H3. The van der Waals surface area contributed by atoms with E-state index < -0.39 is 0 Å². The number of benzene rings is 1. The van der Waals surface area contributed by atoms with E-state index in [1.54, 1.807) is 11.3 Å². The van der Waals surface area contributed by atoms with Crippen molar-refractivity contribution < 1.29 is 0 Å². The topological polar surface area (TPSA) is 25.8 Å². The summed E-state index contributed by atoms with van der Waals surface area (Å²) in [5.41, 5.74) is 2.41. The van der Waals surface area contributed by atoms with Crippen molar-refractivity contribution in [2.75, 3.05) is 0 Å². The van der Waals surface area contributed by atoms with Crippen molar-refractivity contribution in [2.45, 2.75) is 13.8 Å². The molecule has 0 saturated heterocycles. The zero-order valence-electron chi connectivity index (χ0n) is 7.61. The molecule has 0 aliphatic rings. The lowest BCUT2D eigenvalue weighted by molar-refractivity contribution is 1.05. The van der Waals surface area contributed by atoms with E-state index in [0.29, 0.717) is 0 Å². The van der Waals surface area contributed by atoms with E-state index in [2.05, 4.69) is 35.3 Å². The Morgan fingerprint density at radius 1 is 1.15 bits per heavy atom. The van der Waals surface area contributed by atoms with Crippen LogP contribution in [0.5, 0.6) is 0 Å². The molecule has 0 amide bonds. The van der Waals surface area contributed by atoms with E-state index in [9.17, 15) is 0 Å². The van der Waals surface area contributed by atoms with Crippen LogP contribution in [0.2, 0.25) is 0 Å². The minimum atomic E-state index is 1.00. The molecule has 0 atom stereocenters. The molecular formula is C10H10N2S. The molecule has 66 valence electrons. The van der Waals surface area contributed by atoms with Crippen molar-refractivity contribution in [1.29, 1.82) is 0 Å². The third-order valence-electron chi connectivity index (χ3n) is 1.79. The molecule has 1 aromatic carbocycles. The van der Waals surface area contributed by atoms with Gasteiger partial charge >= 0.3 is 0 Å².